The van der Waals surface area contributed by atoms with Gasteiger partial charge in [-0.05, 0) is 35.4 Å². The molecule has 5 heterocycles. The van der Waals surface area contributed by atoms with Gasteiger partial charge in [0.05, 0.1) is 52.5 Å². The molecule has 0 unspecified atom stereocenters. The molecule has 6 aromatic rings. The van der Waals surface area contributed by atoms with E-state index in [4.69, 9.17) is 0 Å². The van der Waals surface area contributed by atoms with Crippen LogP contribution in [-0.2, 0) is 21.4 Å². The SMILES string of the molecule is CC(C)C(=O)Nc1cncc(-c2ncc3[nH]nc(-c4nc5c(-c6cc(F)cc(CNS(C)(=O)=O)c6)cncc5[nH]4)c3c2F)c1. The number of carbonyl (C=O) groups is 1. The number of H-pyrrole nitrogens is 2. The van der Waals surface area contributed by atoms with Crippen molar-refractivity contribution in [2.75, 3.05) is 11.6 Å². The van der Waals surface area contributed by atoms with E-state index in [0.29, 0.717) is 44.5 Å². The third-order valence-electron chi connectivity index (χ3n) is 6.77. The molecule has 15 heteroatoms. The molecule has 6 rings (SSSR count). The van der Waals surface area contributed by atoms with Gasteiger partial charge in [0.1, 0.15) is 17.2 Å². The Morgan fingerprint density at radius 2 is 1.75 bits per heavy atom. The number of hydrogen-bond donors (Lipinski definition) is 4. The summed E-state index contributed by atoms with van der Waals surface area (Å²) in [6.45, 7) is 3.42. The minimum absolute atomic E-state index is 0.00163. The van der Waals surface area contributed by atoms with Crippen LogP contribution in [0.4, 0.5) is 14.5 Å². The maximum absolute atomic E-state index is 16.1. The van der Waals surface area contributed by atoms with Crippen LogP contribution in [0.1, 0.15) is 19.4 Å². The van der Waals surface area contributed by atoms with Crippen LogP contribution in [0.15, 0.2) is 55.2 Å². The summed E-state index contributed by atoms with van der Waals surface area (Å²) in [6.07, 6.45) is 8.41. The Kier molecular flexibility index (Phi) is 7.34. The quantitative estimate of drug-likeness (QED) is 0.193. The zero-order valence-corrected chi connectivity index (χ0v) is 24.4. The number of anilines is 1. The average molecular weight is 618 g/mol. The van der Waals surface area contributed by atoms with Crippen LogP contribution in [0.3, 0.4) is 0 Å². The van der Waals surface area contributed by atoms with Gasteiger partial charge in [-0.1, -0.05) is 13.8 Å². The van der Waals surface area contributed by atoms with Gasteiger partial charge in [-0.15, -0.1) is 0 Å². The maximum atomic E-state index is 16.1. The number of hydrogen-bond acceptors (Lipinski definition) is 8. The lowest BCUT2D eigenvalue weighted by molar-refractivity contribution is -0.118. The molecular weight excluding hydrogens is 592 g/mol. The first-order chi connectivity index (χ1) is 21.0. The Balaban J connectivity index is 1.41. The number of nitrogens with zero attached hydrogens (tertiary/aromatic N) is 5. The highest BCUT2D eigenvalue weighted by atomic mass is 32.2. The zero-order valence-electron chi connectivity index (χ0n) is 23.6. The largest absolute Gasteiger partial charge is 0.335 e. The van der Waals surface area contributed by atoms with Crippen molar-refractivity contribution in [1.82, 2.24) is 39.8 Å². The van der Waals surface area contributed by atoms with Gasteiger partial charge in [-0.2, -0.15) is 5.10 Å². The van der Waals surface area contributed by atoms with Crippen LogP contribution in [0, 0.1) is 17.6 Å². The Bertz CT molecular complexity index is 2180. The molecule has 0 aliphatic heterocycles. The molecule has 44 heavy (non-hydrogen) atoms. The van der Waals surface area contributed by atoms with E-state index in [-0.39, 0.29) is 41.0 Å². The number of amides is 1. The van der Waals surface area contributed by atoms with E-state index in [1.165, 1.54) is 43.1 Å². The Labute approximate surface area is 249 Å². The van der Waals surface area contributed by atoms with Gasteiger partial charge < -0.3 is 10.3 Å². The molecule has 1 amide bonds. The summed E-state index contributed by atoms with van der Waals surface area (Å²) in [5.41, 5.74) is 3.46. The lowest BCUT2D eigenvalue weighted by atomic mass is 10.0. The van der Waals surface area contributed by atoms with Gasteiger partial charge in [-0.3, -0.25) is 24.8 Å². The number of fused-ring (bicyclic) bond motifs is 2. The first-order valence-corrected chi connectivity index (χ1v) is 15.2. The van der Waals surface area contributed by atoms with Crippen molar-refractivity contribution in [3.63, 3.8) is 0 Å². The van der Waals surface area contributed by atoms with Gasteiger partial charge in [0.15, 0.2) is 11.6 Å². The standard InChI is InChI=1S/C29H25F2N9O3S/c1-14(2)29(41)36-19-7-17(9-32-10-19)25-24(31)23-21(13-34-25)39-40-27(23)28-37-22-12-33-11-20(26(22)38-28)16-4-15(5-18(30)6-16)8-35-44(3,42)43/h4-7,9-14,35H,8H2,1-3H3,(H,36,41)(H,37,38)(H,39,40). The summed E-state index contributed by atoms with van der Waals surface area (Å²) >= 11 is 0. The molecule has 0 bridgehead atoms. The smallest absolute Gasteiger partial charge is 0.226 e. The van der Waals surface area contributed by atoms with E-state index >= 15 is 4.39 Å². The number of aromatic amines is 2. The highest BCUT2D eigenvalue weighted by Gasteiger charge is 2.22. The highest BCUT2D eigenvalue weighted by Crippen LogP contribution is 2.35. The van der Waals surface area contributed by atoms with Gasteiger partial charge in [-0.25, -0.2) is 26.9 Å². The number of imidazole rings is 1. The fourth-order valence-corrected chi connectivity index (χ4v) is 5.08. The Hall–Kier alpha value is -5.15. The number of aromatic nitrogens is 7. The molecule has 12 nitrogen and oxygen atoms in total. The summed E-state index contributed by atoms with van der Waals surface area (Å²) in [6, 6.07) is 5.75. The lowest BCUT2D eigenvalue weighted by Gasteiger charge is -2.09. The number of pyridine rings is 3. The van der Waals surface area contributed by atoms with E-state index < -0.39 is 21.7 Å². The van der Waals surface area contributed by atoms with Crippen LogP contribution in [0.2, 0.25) is 0 Å². The summed E-state index contributed by atoms with van der Waals surface area (Å²) in [5.74, 6) is -1.47. The number of benzene rings is 1. The van der Waals surface area contributed by atoms with E-state index in [2.05, 4.69) is 45.2 Å². The molecule has 5 aromatic heterocycles. The number of nitrogens with one attached hydrogen (secondary N) is 4. The lowest BCUT2D eigenvalue weighted by Crippen LogP contribution is -2.21. The molecule has 4 N–H and O–H groups in total. The summed E-state index contributed by atoms with van der Waals surface area (Å²) in [7, 11) is -3.49. The number of halogens is 2. The molecule has 0 aliphatic rings. The number of carbonyl (C=O) groups excluding carboxylic acids is 1. The molecule has 1 aromatic carbocycles. The van der Waals surface area contributed by atoms with Crippen LogP contribution in [0.25, 0.3) is 55.8 Å². The Morgan fingerprint density at radius 1 is 0.955 bits per heavy atom. The molecule has 0 spiro atoms. The Morgan fingerprint density at radius 3 is 2.52 bits per heavy atom. The molecule has 0 fully saturated rings. The molecule has 0 aliphatic carbocycles. The second-order valence-corrected chi connectivity index (χ2v) is 12.3. The monoisotopic (exact) mass is 617 g/mol. The van der Waals surface area contributed by atoms with Gasteiger partial charge in [0.2, 0.25) is 15.9 Å². The van der Waals surface area contributed by atoms with Crippen LogP contribution >= 0.6 is 0 Å². The third-order valence-corrected chi connectivity index (χ3v) is 7.44. The van der Waals surface area contributed by atoms with Crippen LogP contribution < -0.4 is 10.0 Å². The fourth-order valence-electron chi connectivity index (χ4n) is 4.65. The van der Waals surface area contributed by atoms with E-state index in [0.717, 1.165) is 6.26 Å². The van der Waals surface area contributed by atoms with Gasteiger partial charge in [0, 0.05) is 36.0 Å². The maximum Gasteiger partial charge on any atom is 0.226 e. The molecule has 0 saturated carbocycles. The minimum Gasteiger partial charge on any atom is -0.335 e. The zero-order chi connectivity index (χ0) is 31.2. The van der Waals surface area contributed by atoms with E-state index in [9.17, 15) is 17.6 Å². The fraction of sp³-hybridized carbons (Fsp3) is 0.172. The van der Waals surface area contributed by atoms with Gasteiger partial charge in [0.25, 0.3) is 0 Å². The minimum atomic E-state index is -3.49. The average Bonchev–Trinajstić information content (AvgIpc) is 3.60. The topological polar surface area (TPSA) is 171 Å². The first-order valence-electron chi connectivity index (χ1n) is 13.3. The molecule has 0 atom stereocenters. The summed E-state index contributed by atoms with van der Waals surface area (Å²) < 4.78 is 56.1. The first kappa shape index (κ1) is 28.9. The normalized spacial score (nSPS) is 12.0. The summed E-state index contributed by atoms with van der Waals surface area (Å²) in [5, 5.41) is 9.95. The number of rotatable bonds is 8. The van der Waals surface area contributed by atoms with Crippen LogP contribution in [0.5, 0.6) is 0 Å². The van der Waals surface area contributed by atoms with Crippen molar-refractivity contribution >= 4 is 43.6 Å². The van der Waals surface area contributed by atoms with Crippen LogP contribution in [-0.4, -0.2) is 55.7 Å². The molecule has 0 saturated heterocycles. The van der Waals surface area contributed by atoms with Crippen molar-refractivity contribution in [2.45, 2.75) is 20.4 Å². The highest BCUT2D eigenvalue weighted by molar-refractivity contribution is 7.88. The second kappa shape index (κ2) is 11.2. The van der Waals surface area contributed by atoms with E-state index in [1.807, 2.05) is 0 Å². The predicted molar refractivity (Wildman–Crippen MR) is 161 cm³/mol. The van der Waals surface area contributed by atoms with Gasteiger partial charge >= 0.3 is 0 Å². The van der Waals surface area contributed by atoms with Crippen molar-refractivity contribution < 1.29 is 22.0 Å². The van der Waals surface area contributed by atoms with Crippen molar-refractivity contribution in [2.24, 2.45) is 5.92 Å². The molecule has 0 radical (unpaired) electrons. The summed E-state index contributed by atoms with van der Waals surface area (Å²) in [4.78, 5) is 32.6. The van der Waals surface area contributed by atoms with Crippen molar-refractivity contribution in [1.29, 1.82) is 0 Å². The second-order valence-electron chi connectivity index (χ2n) is 10.5. The van der Waals surface area contributed by atoms with Crippen molar-refractivity contribution in [3.05, 3.63) is 72.4 Å². The van der Waals surface area contributed by atoms with E-state index in [1.54, 1.807) is 26.0 Å². The predicted octanol–water partition coefficient (Wildman–Crippen LogP) is 4.55. The van der Waals surface area contributed by atoms with Crippen molar-refractivity contribution in [3.8, 4) is 33.9 Å². The molecular formula is C29H25F2N9O3S. The third kappa shape index (κ3) is 5.74. The molecule has 224 valence electrons. The number of sulfonamides is 1.